The number of hydrogen-bond acceptors (Lipinski definition) is 3. The maximum absolute atomic E-state index is 5.75. The third-order valence-corrected chi connectivity index (χ3v) is 4.87. The number of pyridine rings is 1. The van der Waals surface area contributed by atoms with Gasteiger partial charge >= 0.3 is 0 Å². The maximum atomic E-state index is 5.75. The number of hydrogen-bond donors (Lipinski definition) is 1. The number of nitrogens with one attached hydrogen (secondary N) is 1. The molecule has 0 spiro atoms. The fourth-order valence-corrected chi connectivity index (χ4v) is 3.62. The molecule has 2 atom stereocenters. The number of rotatable bonds is 4. The molecular formula is C20H19N3OS. The smallest absolute Gasteiger partial charge is 0.174 e. The van der Waals surface area contributed by atoms with Gasteiger partial charge in [-0.3, -0.25) is 4.98 Å². The molecule has 0 radical (unpaired) electrons. The molecule has 126 valence electrons. The monoisotopic (exact) mass is 349 g/mol. The molecule has 3 aromatic rings. The zero-order valence-electron chi connectivity index (χ0n) is 13.9. The van der Waals surface area contributed by atoms with Gasteiger partial charge in [0.25, 0.3) is 0 Å². The van der Waals surface area contributed by atoms with E-state index < -0.39 is 0 Å². The Hall–Kier alpha value is -2.66. The van der Waals surface area contributed by atoms with Gasteiger partial charge in [-0.05, 0) is 60.6 Å². The van der Waals surface area contributed by atoms with E-state index in [0.717, 1.165) is 23.6 Å². The van der Waals surface area contributed by atoms with Gasteiger partial charge in [0.2, 0.25) is 0 Å². The van der Waals surface area contributed by atoms with Gasteiger partial charge < -0.3 is 14.6 Å². The van der Waals surface area contributed by atoms with E-state index in [-0.39, 0.29) is 12.1 Å². The summed E-state index contributed by atoms with van der Waals surface area (Å²) in [6.07, 6.45) is 4.52. The van der Waals surface area contributed by atoms with Crippen LogP contribution in [0, 0.1) is 0 Å². The summed E-state index contributed by atoms with van der Waals surface area (Å²) in [7, 11) is 0. The molecule has 0 bridgehead atoms. The van der Waals surface area contributed by atoms with Crippen LogP contribution in [0.3, 0.4) is 0 Å². The van der Waals surface area contributed by atoms with Crippen LogP contribution in [0.5, 0.6) is 0 Å². The first-order chi connectivity index (χ1) is 12.3. The molecule has 1 fully saturated rings. The highest BCUT2D eigenvalue weighted by Crippen LogP contribution is 2.41. The van der Waals surface area contributed by atoms with Crippen molar-refractivity contribution in [2.24, 2.45) is 0 Å². The lowest BCUT2D eigenvalue weighted by Crippen LogP contribution is -2.29. The van der Waals surface area contributed by atoms with E-state index in [2.05, 4.69) is 46.4 Å². The van der Waals surface area contributed by atoms with Crippen molar-refractivity contribution in [3.05, 3.63) is 84.1 Å². The first-order valence-electron chi connectivity index (χ1n) is 8.41. The summed E-state index contributed by atoms with van der Waals surface area (Å²) in [6.45, 7) is 2.15. The number of furan rings is 1. The predicted octanol–water partition coefficient (Wildman–Crippen LogP) is 4.41. The van der Waals surface area contributed by atoms with Crippen molar-refractivity contribution in [3.63, 3.8) is 0 Å². The molecule has 1 N–H and O–H groups in total. The largest absolute Gasteiger partial charge is 0.467 e. The lowest BCUT2D eigenvalue weighted by molar-refractivity contribution is 0.432. The summed E-state index contributed by atoms with van der Waals surface area (Å²) in [5, 5.41) is 4.10. The molecule has 0 saturated carbocycles. The Bertz CT molecular complexity index is 846. The van der Waals surface area contributed by atoms with E-state index in [0.29, 0.717) is 5.11 Å². The second-order valence-corrected chi connectivity index (χ2v) is 6.42. The van der Waals surface area contributed by atoms with Crippen LogP contribution >= 0.6 is 12.2 Å². The molecule has 2 aromatic heterocycles. The van der Waals surface area contributed by atoms with Crippen LogP contribution in [0.2, 0.25) is 0 Å². The average Bonchev–Trinajstić information content (AvgIpc) is 3.30. The third kappa shape index (κ3) is 2.91. The minimum atomic E-state index is -0.0788. The summed E-state index contributed by atoms with van der Waals surface area (Å²) in [4.78, 5) is 6.64. The van der Waals surface area contributed by atoms with Gasteiger partial charge in [0, 0.05) is 11.9 Å². The summed E-state index contributed by atoms with van der Waals surface area (Å²) in [5.41, 5.74) is 3.30. The van der Waals surface area contributed by atoms with Crippen molar-refractivity contribution in [2.45, 2.75) is 25.4 Å². The molecule has 1 aliphatic heterocycles. The van der Waals surface area contributed by atoms with E-state index >= 15 is 0 Å². The molecule has 5 heteroatoms. The fourth-order valence-electron chi connectivity index (χ4n) is 3.27. The number of anilines is 1. The van der Waals surface area contributed by atoms with Crippen LogP contribution in [-0.2, 0) is 6.42 Å². The second-order valence-electron chi connectivity index (χ2n) is 6.03. The van der Waals surface area contributed by atoms with Gasteiger partial charge in [0.1, 0.15) is 11.8 Å². The minimum Gasteiger partial charge on any atom is -0.467 e. The third-order valence-electron chi connectivity index (χ3n) is 4.56. The van der Waals surface area contributed by atoms with E-state index in [9.17, 15) is 0 Å². The first-order valence-corrected chi connectivity index (χ1v) is 8.81. The lowest BCUT2D eigenvalue weighted by atomic mass is 10.0. The Labute approximate surface area is 152 Å². The first kappa shape index (κ1) is 15.8. The highest BCUT2D eigenvalue weighted by Gasteiger charge is 2.42. The Morgan fingerprint density at radius 2 is 1.96 bits per heavy atom. The molecule has 4 rings (SSSR count). The highest BCUT2D eigenvalue weighted by atomic mass is 32.1. The second kappa shape index (κ2) is 6.69. The average molecular weight is 349 g/mol. The normalized spacial score (nSPS) is 19.9. The van der Waals surface area contributed by atoms with E-state index in [4.69, 9.17) is 16.6 Å². The van der Waals surface area contributed by atoms with Crippen molar-refractivity contribution in [3.8, 4) is 0 Å². The molecule has 1 aliphatic rings. The molecule has 0 unspecified atom stereocenters. The van der Waals surface area contributed by atoms with Crippen LogP contribution in [0.4, 0.5) is 5.69 Å². The van der Waals surface area contributed by atoms with E-state index in [1.165, 1.54) is 5.56 Å². The lowest BCUT2D eigenvalue weighted by Gasteiger charge is -2.26. The van der Waals surface area contributed by atoms with Crippen molar-refractivity contribution >= 4 is 23.0 Å². The van der Waals surface area contributed by atoms with Gasteiger partial charge in [-0.1, -0.05) is 25.1 Å². The van der Waals surface area contributed by atoms with Crippen molar-refractivity contribution in [1.82, 2.24) is 10.3 Å². The molecule has 0 aliphatic carbocycles. The van der Waals surface area contributed by atoms with Gasteiger partial charge in [-0.2, -0.15) is 0 Å². The van der Waals surface area contributed by atoms with Gasteiger partial charge in [-0.25, -0.2) is 0 Å². The summed E-state index contributed by atoms with van der Waals surface area (Å²) in [6, 6.07) is 18.2. The Morgan fingerprint density at radius 3 is 2.60 bits per heavy atom. The number of benzene rings is 1. The molecule has 3 heterocycles. The molecule has 1 aromatic carbocycles. The SMILES string of the molecule is CCc1ccc(N2C(=S)N[C@H](c3ccccn3)[C@@H]2c2ccco2)cc1. The zero-order valence-corrected chi connectivity index (χ0v) is 14.7. The number of nitrogens with zero attached hydrogens (tertiary/aromatic N) is 2. The van der Waals surface area contributed by atoms with Crippen LogP contribution in [0.15, 0.2) is 71.5 Å². The minimum absolute atomic E-state index is 0.0642. The summed E-state index contributed by atoms with van der Waals surface area (Å²) < 4.78 is 5.75. The number of aromatic nitrogens is 1. The number of aryl methyl sites for hydroxylation is 1. The molecular weight excluding hydrogens is 330 g/mol. The molecule has 0 amide bonds. The molecule has 4 nitrogen and oxygen atoms in total. The van der Waals surface area contributed by atoms with Crippen LogP contribution < -0.4 is 10.2 Å². The van der Waals surface area contributed by atoms with Gasteiger partial charge in [0.15, 0.2) is 5.11 Å². The Kier molecular flexibility index (Phi) is 4.24. The van der Waals surface area contributed by atoms with E-state index in [1.807, 2.05) is 30.3 Å². The number of thiocarbonyl (C=S) groups is 1. The van der Waals surface area contributed by atoms with Crippen molar-refractivity contribution < 1.29 is 4.42 Å². The van der Waals surface area contributed by atoms with Gasteiger partial charge in [-0.15, -0.1) is 0 Å². The Balaban J connectivity index is 1.77. The molecule has 1 saturated heterocycles. The van der Waals surface area contributed by atoms with Crippen LogP contribution in [0.25, 0.3) is 0 Å². The molecule has 25 heavy (non-hydrogen) atoms. The zero-order chi connectivity index (χ0) is 17.2. The summed E-state index contributed by atoms with van der Waals surface area (Å²) in [5.74, 6) is 0.863. The van der Waals surface area contributed by atoms with Gasteiger partial charge in [0.05, 0.1) is 18.0 Å². The Morgan fingerprint density at radius 1 is 1.12 bits per heavy atom. The predicted molar refractivity (Wildman–Crippen MR) is 102 cm³/mol. The van der Waals surface area contributed by atoms with Crippen LogP contribution in [0.1, 0.15) is 36.0 Å². The van der Waals surface area contributed by atoms with Crippen molar-refractivity contribution in [1.29, 1.82) is 0 Å². The standard InChI is InChI=1S/C20H19N3OS/c1-2-14-8-10-15(11-9-14)23-19(17-7-5-13-24-17)18(22-20(23)25)16-6-3-4-12-21-16/h3-13,18-19H,2H2,1H3,(H,22,25)/t18-,19+/m1/s1. The quantitative estimate of drug-likeness (QED) is 0.707. The fraction of sp³-hybridized carbons (Fsp3) is 0.200. The summed E-state index contributed by atoms with van der Waals surface area (Å²) >= 11 is 5.66. The van der Waals surface area contributed by atoms with Crippen LogP contribution in [-0.4, -0.2) is 10.1 Å². The van der Waals surface area contributed by atoms with E-state index in [1.54, 1.807) is 12.5 Å². The topological polar surface area (TPSA) is 41.3 Å². The maximum Gasteiger partial charge on any atom is 0.174 e. The highest BCUT2D eigenvalue weighted by molar-refractivity contribution is 7.80. The van der Waals surface area contributed by atoms with Crippen molar-refractivity contribution in [2.75, 3.05) is 4.90 Å².